The maximum absolute atomic E-state index is 12.2. The summed E-state index contributed by atoms with van der Waals surface area (Å²) >= 11 is 6.89. The van der Waals surface area contributed by atoms with Crippen LogP contribution in [0.2, 0.25) is 0 Å². The molecule has 0 aliphatic carbocycles. The number of nitro groups is 1. The number of carbonyl (C=O) groups excluding carboxylic acids is 3. The number of hydrogen-bond donors (Lipinski definition) is 0. The third-order valence-electron chi connectivity index (χ3n) is 3.88. The lowest BCUT2D eigenvalue weighted by molar-refractivity contribution is -0.384. The van der Waals surface area contributed by atoms with Gasteiger partial charge < -0.3 is 14.1 Å². The third kappa shape index (κ3) is 4.34. The van der Waals surface area contributed by atoms with Crippen molar-refractivity contribution in [2.45, 2.75) is 23.9 Å². The van der Waals surface area contributed by atoms with Crippen LogP contribution in [0.25, 0.3) is 0 Å². The van der Waals surface area contributed by atoms with E-state index in [1.165, 1.54) is 36.6 Å². The van der Waals surface area contributed by atoms with Crippen molar-refractivity contribution >= 4 is 46.0 Å². The first-order valence-corrected chi connectivity index (χ1v) is 9.28. The standard InChI is InChI=1S/C17H13ClN2O7S/c18-15(16(22)27-9-10-3-5-11(6-4-10)20(24)25)19-13(21)8-14(19)28-17(23)12-2-1-7-26-12/h1-7,14-15H,8-9H2. The van der Waals surface area contributed by atoms with Gasteiger partial charge in [0.05, 0.1) is 23.0 Å². The number of rotatable bonds is 7. The Morgan fingerprint density at radius 2 is 2.07 bits per heavy atom. The molecule has 1 amide bonds. The summed E-state index contributed by atoms with van der Waals surface area (Å²) in [6.07, 6.45) is 1.42. The van der Waals surface area contributed by atoms with Crippen molar-refractivity contribution in [1.82, 2.24) is 4.90 Å². The number of carbonyl (C=O) groups is 3. The average Bonchev–Trinajstić information content (AvgIpc) is 3.20. The van der Waals surface area contributed by atoms with E-state index in [-0.39, 0.29) is 35.5 Å². The predicted molar refractivity (Wildman–Crippen MR) is 98.4 cm³/mol. The number of nitrogens with zero attached hydrogens (tertiary/aromatic N) is 2. The van der Waals surface area contributed by atoms with Crippen LogP contribution in [0, 0.1) is 10.1 Å². The topological polar surface area (TPSA) is 120 Å². The van der Waals surface area contributed by atoms with Crippen LogP contribution in [0.1, 0.15) is 22.5 Å². The molecule has 1 fully saturated rings. The molecule has 2 aromatic rings. The third-order valence-corrected chi connectivity index (χ3v) is 5.35. The van der Waals surface area contributed by atoms with Crippen LogP contribution in [0.5, 0.6) is 0 Å². The van der Waals surface area contributed by atoms with Gasteiger partial charge in [-0.25, -0.2) is 4.79 Å². The predicted octanol–water partition coefficient (Wildman–Crippen LogP) is 2.93. The van der Waals surface area contributed by atoms with Crippen LogP contribution in [-0.4, -0.2) is 37.7 Å². The van der Waals surface area contributed by atoms with Crippen molar-refractivity contribution in [3.63, 3.8) is 0 Å². The van der Waals surface area contributed by atoms with Crippen LogP contribution in [0.15, 0.2) is 47.1 Å². The zero-order chi connectivity index (χ0) is 20.3. The summed E-state index contributed by atoms with van der Waals surface area (Å²) in [5, 5.41) is 9.65. The van der Waals surface area contributed by atoms with Crippen molar-refractivity contribution in [3.8, 4) is 0 Å². The van der Waals surface area contributed by atoms with Gasteiger partial charge in [0.15, 0.2) is 5.76 Å². The van der Waals surface area contributed by atoms with E-state index in [4.69, 9.17) is 20.8 Å². The summed E-state index contributed by atoms with van der Waals surface area (Å²) in [6, 6.07) is 8.53. The Morgan fingerprint density at radius 1 is 1.36 bits per heavy atom. The smallest absolute Gasteiger partial charge is 0.345 e. The first-order valence-electron chi connectivity index (χ1n) is 7.96. The Bertz CT molecular complexity index is 901. The zero-order valence-corrected chi connectivity index (χ0v) is 15.7. The number of halogens is 1. The van der Waals surface area contributed by atoms with E-state index in [2.05, 4.69) is 0 Å². The largest absolute Gasteiger partial charge is 0.460 e. The first kappa shape index (κ1) is 19.9. The van der Waals surface area contributed by atoms with Gasteiger partial charge in [-0.15, -0.1) is 0 Å². The molecule has 1 aliphatic rings. The Hall–Kier alpha value is -2.85. The van der Waals surface area contributed by atoms with Gasteiger partial charge in [0.25, 0.3) is 10.8 Å². The number of hydrogen-bond acceptors (Lipinski definition) is 8. The van der Waals surface area contributed by atoms with Crippen LogP contribution < -0.4 is 0 Å². The number of benzene rings is 1. The zero-order valence-electron chi connectivity index (χ0n) is 14.1. The lowest BCUT2D eigenvalue weighted by Gasteiger charge is -2.40. The molecule has 2 unspecified atom stereocenters. The van der Waals surface area contributed by atoms with Crippen LogP contribution in [0.3, 0.4) is 0 Å². The molecular formula is C17H13ClN2O7S. The molecule has 3 rings (SSSR count). The van der Waals surface area contributed by atoms with Crippen LogP contribution >= 0.6 is 23.4 Å². The quantitative estimate of drug-likeness (QED) is 0.166. The van der Waals surface area contributed by atoms with Gasteiger partial charge in [-0.2, -0.15) is 0 Å². The normalized spacial score (nSPS) is 17.0. The summed E-state index contributed by atoms with van der Waals surface area (Å²) < 4.78 is 10.1. The minimum absolute atomic E-state index is 0.0654. The van der Waals surface area contributed by atoms with E-state index < -0.39 is 21.8 Å². The second-order valence-corrected chi connectivity index (χ2v) is 7.27. The van der Waals surface area contributed by atoms with Gasteiger partial charge >= 0.3 is 5.97 Å². The maximum Gasteiger partial charge on any atom is 0.345 e. The molecule has 2 atom stereocenters. The average molecular weight is 425 g/mol. The Balaban J connectivity index is 1.54. The second kappa shape index (κ2) is 8.44. The van der Waals surface area contributed by atoms with Gasteiger partial charge in [-0.05, 0) is 29.8 Å². The summed E-state index contributed by atoms with van der Waals surface area (Å²) in [7, 11) is 0. The minimum atomic E-state index is -1.39. The maximum atomic E-state index is 12.2. The highest BCUT2D eigenvalue weighted by Crippen LogP contribution is 2.35. The van der Waals surface area contributed by atoms with Gasteiger partial charge in [0.1, 0.15) is 6.61 Å². The number of nitro benzene ring substituents is 1. The Kier molecular flexibility index (Phi) is 6.00. The summed E-state index contributed by atoms with van der Waals surface area (Å²) in [4.78, 5) is 47.2. The molecular weight excluding hydrogens is 412 g/mol. The highest BCUT2D eigenvalue weighted by atomic mass is 35.5. The number of β-lactam (4-membered cyclic amide) rings is 1. The molecule has 2 heterocycles. The molecule has 28 heavy (non-hydrogen) atoms. The molecule has 11 heteroatoms. The number of thioether (sulfide) groups is 1. The number of ether oxygens (including phenoxy) is 1. The monoisotopic (exact) mass is 424 g/mol. The van der Waals surface area contributed by atoms with E-state index in [1.807, 2.05) is 0 Å². The fraction of sp³-hybridized carbons (Fsp3) is 0.235. The molecule has 0 bridgehead atoms. The molecule has 1 aromatic carbocycles. The van der Waals surface area contributed by atoms with Crippen molar-refractivity contribution in [2.24, 2.45) is 0 Å². The molecule has 9 nitrogen and oxygen atoms in total. The first-order chi connectivity index (χ1) is 13.4. The molecule has 0 radical (unpaired) electrons. The van der Waals surface area contributed by atoms with E-state index in [1.54, 1.807) is 6.07 Å². The van der Waals surface area contributed by atoms with E-state index in [9.17, 15) is 24.5 Å². The molecule has 146 valence electrons. The summed E-state index contributed by atoms with van der Waals surface area (Å²) in [5.74, 6) is -1.10. The fourth-order valence-electron chi connectivity index (χ4n) is 2.40. The number of furan rings is 1. The van der Waals surface area contributed by atoms with Crippen LogP contribution in [-0.2, 0) is 20.9 Å². The molecule has 0 spiro atoms. The molecule has 1 saturated heterocycles. The van der Waals surface area contributed by atoms with Crippen LogP contribution in [0.4, 0.5) is 5.69 Å². The summed E-state index contributed by atoms with van der Waals surface area (Å²) in [6.45, 7) is -0.161. The van der Waals surface area contributed by atoms with Crippen molar-refractivity contribution in [2.75, 3.05) is 0 Å². The molecule has 0 saturated carbocycles. The number of esters is 1. The lowest BCUT2D eigenvalue weighted by Crippen LogP contribution is -2.57. The highest BCUT2D eigenvalue weighted by Gasteiger charge is 2.45. The van der Waals surface area contributed by atoms with Gasteiger partial charge in [-0.1, -0.05) is 23.4 Å². The lowest BCUT2D eigenvalue weighted by atomic mass is 10.2. The highest BCUT2D eigenvalue weighted by molar-refractivity contribution is 8.14. The van der Waals surface area contributed by atoms with Crippen molar-refractivity contribution in [1.29, 1.82) is 0 Å². The van der Waals surface area contributed by atoms with Crippen molar-refractivity contribution in [3.05, 3.63) is 64.1 Å². The Morgan fingerprint density at radius 3 is 2.64 bits per heavy atom. The molecule has 1 aromatic heterocycles. The van der Waals surface area contributed by atoms with E-state index >= 15 is 0 Å². The number of alkyl halides is 1. The fourth-order valence-corrected chi connectivity index (χ4v) is 3.83. The van der Waals surface area contributed by atoms with Gasteiger partial charge in [0.2, 0.25) is 11.4 Å². The summed E-state index contributed by atoms with van der Waals surface area (Å²) in [5.41, 5.74) is -0.949. The minimum Gasteiger partial charge on any atom is -0.460 e. The Labute approximate surface area is 167 Å². The van der Waals surface area contributed by atoms with E-state index in [0.29, 0.717) is 5.56 Å². The second-order valence-electron chi connectivity index (χ2n) is 5.71. The molecule has 0 N–H and O–H groups in total. The van der Waals surface area contributed by atoms with Crippen molar-refractivity contribution < 1.29 is 28.5 Å². The number of amides is 1. The molecule has 1 aliphatic heterocycles. The van der Waals surface area contributed by atoms with E-state index in [0.717, 1.165) is 16.7 Å². The number of non-ortho nitro benzene ring substituents is 1. The van der Waals surface area contributed by atoms with Gasteiger partial charge in [0, 0.05) is 12.1 Å². The SMILES string of the molecule is O=C(SC1CC(=O)N1C(Cl)C(=O)OCc1ccc([N+](=O)[O-])cc1)c1ccco1. The number of likely N-dealkylation sites (tertiary alicyclic amines) is 1. The van der Waals surface area contributed by atoms with Gasteiger partial charge in [-0.3, -0.25) is 19.7 Å².